The molecular formula is C27H29FN2O3. The van der Waals surface area contributed by atoms with Crippen LogP contribution in [0.3, 0.4) is 0 Å². The number of aryl methyl sites for hydroxylation is 2. The fourth-order valence-corrected chi connectivity index (χ4v) is 3.71. The van der Waals surface area contributed by atoms with Crippen molar-refractivity contribution >= 4 is 11.8 Å². The summed E-state index contributed by atoms with van der Waals surface area (Å²) in [7, 11) is 1.53. The van der Waals surface area contributed by atoms with Crippen molar-refractivity contribution in [1.82, 2.24) is 10.2 Å². The highest BCUT2D eigenvalue weighted by Crippen LogP contribution is 2.20. The smallest absolute Gasteiger partial charge is 0.261 e. The van der Waals surface area contributed by atoms with Crippen molar-refractivity contribution in [2.75, 3.05) is 13.7 Å². The molecule has 0 saturated carbocycles. The summed E-state index contributed by atoms with van der Waals surface area (Å²) in [6, 6.07) is 20.6. The van der Waals surface area contributed by atoms with Gasteiger partial charge in [0, 0.05) is 25.6 Å². The van der Waals surface area contributed by atoms with Crippen LogP contribution in [0.1, 0.15) is 22.3 Å². The van der Waals surface area contributed by atoms with E-state index < -0.39 is 17.8 Å². The molecule has 0 aliphatic carbocycles. The van der Waals surface area contributed by atoms with E-state index in [1.54, 1.807) is 18.2 Å². The van der Waals surface area contributed by atoms with E-state index >= 15 is 0 Å². The van der Waals surface area contributed by atoms with Gasteiger partial charge >= 0.3 is 0 Å². The third-order valence-electron chi connectivity index (χ3n) is 5.50. The maximum absolute atomic E-state index is 14.5. The lowest BCUT2D eigenvalue weighted by Gasteiger charge is -2.31. The number of ether oxygens (including phenoxy) is 1. The minimum absolute atomic E-state index is 0.0489. The molecule has 0 aromatic heterocycles. The summed E-state index contributed by atoms with van der Waals surface area (Å²) < 4.78 is 20.3. The molecule has 3 rings (SSSR count). The average molecular weight is 449 g/mol. The summed E-state index contributed by atoms with van der Waals surface area (Å²) >= 11 is 0. The van der Waals surface area contributed by atoms with Crippen molar-refractivity contribution in [2.45, 2.75) is 32.9 Å². The zero-order chi connectivity index (χ0) is 23.8. The molecule has 1 atom stereocenters. The number of nitrogens with one attached hydrogen (secondary N) is 1. The number of likely N-dealkylation sites (N-methyl/N-ethyl adjacent to an activating group) is 1. The molecule has 5 nitrogen and oxygen atoms in total. The third-order valence-corrected chi connectivity index (χ3v) is 5.50. The van der Waals surface area contributed by atoms with Crippen LogP contribution in [-0.4, -0.2) is 36.4 Å². The van der Waals surface area contributed by atoms with Crippen LogP contribution in [0.25, 0.3) is 0 Å². The normalized spacial score (nSPS) is 11.5. The number of carbonyl (C=O) groups is 2. The van der Waals surface area contributed by atoms with Gasteiger partial charge in [-0.15, -0.1) is 0 Å². The second-order valence-electron chi connectivity index (χ2n) is 7.99. The Morgan fingerprint density at radius 3 is 2.36 bits per heavy atom. The van der Waals surface area contributed by atoms with Gasteiger partial charge in [-0.25, -0.2) is 4.39 Å². The Kier molecular flexibility index (Phi) is 8.19. The van der Waals surface area contributed by atoms with Gasteiger partial charge in [-0.2, -0.15) is 0 Å². The molecule has 6 heteroatoms. The van der Waals surface area contributed by atoms with Gasteiger partial charge in [0.25, 0.3) is 5.91 Å². The van der Waals surface area contributed by atoms with Crippen molar-refractivity contribution in [2.24, 2.45) is 0 Å². The van der Waals surface area contributed by atoms with Crippen LogP contribution in [-0.2, 0) is 22.6 Å². The van der Waals surface area contributed by atoms with E-state index in [1.165, 1.54) is 18.0 Å². The zero-order valence-corrected chi connectivity index (χ0v) is 19.2. The van der Waals surface area contributed by atoms with Crippen LogP contribution in [0.2, 0.25) is 0 Å². The van der Waals surface area contributed by atoms with Gasteiger partial charge in [-0.3, -0.25) is 9.59 Å². The Labute approximate surface area is 194 Å². The predicted molar refractivity (Wildman–Crippen MR) is 126 cm³/mol. The lowest BCUT2D eigenvalue weighted by atomic mass is 10.0. The van der Waals surface area contributed by atoms with Crippen LogP contribution >= 0.6 is 0 Å². The van der Waals surface area contributed by atoms with Gasteiger partial charge in [-0.05, 0) is 37.1 Å². The van der Waals surface area contributed by atoms with Gasteiger partial charge in [0.15, 0.2) is 6.61 Å². The summed E-state index contributed by atoms with van der Waals surface area (Å²) in [5.74, 6) is -0.557. The SMILES string of the molecule is CNC(=O)C(Cc1ccccc1)N(Cc1ccccc1F)C(=O)COc1ccc(C)cc1C. The highest BCUT2D eigenvalue weighted by atomic mass is 19.1. The predicted octanol–water partition coefficient (Wildman–Crippen LogP) is 4.21. The first-order valence-electron chi connectivity index (χ1n) is 10.9. The fraction of sp³-hybridized carbons (Fsp3) is 0.259. The first kappa shape index (κ1) is 24.0. The molecular weight excluding hydrogens is 419 g/mol. The Hall–Kier alpha value is -3.67. The van der Waals surface area contributed by atoms with E-state index in [-0.39, 0.29) is 19.1 Å². The topological polar surface area (TPSA) is 58.6 Å². The molecule has 0 heterocycles. The molecule has 0 radical (unpaired) electrons. The number of nitrogens with zero attached hydrogens (tertiary/aromatic N) is 1. The molecule has 1 N–H and O–H groups in total. The van der Waals surface area contributed by atoms with Gasteiger partial charge in [0.05, 0.1) is 0 Å². The summed E-state index contributed by atoms with van der Waals surface area (Å²) in [5.41, 5.74) is 3.23. The largest absolute Gasteiger partial charge is 0.483 e. The van der Waals surface area contributed by atoms with Gasteiger partial charge in [0.1, 0.15) is 17.6 Å². The van der Waals surface area contributed by atoms with Crippen molar-refractivity contribution in [3.8, 4) is 5.75 Å². The van der Waals surface area contributed by atoms with Crippen LogP contribution in [0, 0.1) is 19.7 Å². The summed E-state index contributed by atoms with van der Waals surface area (Å²) in [5, 5.41) is 2.64. The van der Waals surface area contributed by atoms with Crippen LogP contribution in [0.4, 0.5) is 4.39 Å². The summed E-state index contributed by atoms with van der Waals surface area (Å²) in [6.07, 6.45) is 0.296. The van der Waals surface area contributed by atoms with E-state index in [2.05, 4.69) is 5.32 Å². The van der Waals surface area contributed by atoms with Crippen LogP contribution in [0.15, 0.2) is 72.8 Å². The van der Waals surface area contributed by atoms with E-state index in [0.717, 1.165) is 16.7 Å². The minimum atomic E-state index is -0.827. The second kappa shape index (κ2) is 11.3. The Bertz CT molecular complexity index is 1100. The number of hydrogen-bond acceptors (Lipinski definition) is 3. The third kappa shape index (κ3) is 6.42. The maximum atomic E-state index is 14.5. The highest BCUT2D eigenvalue weighted by molar-refractivity contribution is 5.88. The quantitative estimate of drug-likeness (QED) is 0.534. The molecule has 0 bridgehead atoms. The zero-order valence-electron chi connectivity index (χ0n) is 19.2. The Morgan fingerprint density at radius 1 is 1.00 bits per heavy atom. The second-order valence-corrected chi connectivity index (χ2v) is 7.99. The molecule has 0 spiro atoms. The number of hydrogen-bond donors (Lipinski definition) is 1. The standard InChI is InChI=1S/C27H29FN2O3/c1-19-13-14-25(20(2)15-19)33-18-26(31)30(17-22-11-7-8-12-23(22)28)24(27(32)29-3)16-21-9-5-4-6-10-21/h4-15,24H,16-18H2,1-3H3,(H,29,32). The lowest BCUT2D eigenvalue weighted by molar-refractivity contribution is -0.142. The fourth-order valence-electron chi connectivity index (χ4n) is 3.71. The molecule has 1 unspecified atom stereocenters. The highest BCUT2D eigenvalue weighted by Gasteiger charge is 2.30. The first-order valence-corrected chi connectivity index (χ1v) is 10.9. The lowest BCUT2D eigenvalue weighted by Crippen LogP contribution is -2.51. The Morgan fingerprint density at radius 2 is 1.70 bits per heavy atom. The van der Waals surface area contributed by atoms with Crippen molar-refractivity contribution in [3.05, 3.63) is 101 Å². The van der Waals surface area contributed by atoms with E-state index in [1.807, 2.05) is 62.4 Å². The number of rotatable bonds is 9. The van der Waals surface area contributed by atoms with Crippen LogP contribution < -0.4 is 10.1 Å². The number of carbonyl (C=O) groups excluding carboxylic acids is 2. The molecule has 0 aliphatic heterocycles. The molecule has 33 heavy (non-hydrogen) atoms. The molecule has 0 saturated heterocycles. The van der Waals surface area contributed by atoms with Gasteiger partial charge < -0.3 is 15.0 Å². The molecule has 0 fully saturated rings. The minimum Gasteiger partial charge on any atom is -0.483 e. The molecule has 3 aromatic rings. The first-order chi connectivity index (χ1) is 15.9. The number of amides is 2. The summed E-state index contributed by atoms with van der Waals surface area (Å²) in [4.78, 5) is 27.6. The molecule has 3 aromatic carbocycles. The molecule has 0 aliphatic rings. The Balaban J connectivity index is 1.89. The van der Waals surface area contributed by atoms with Gasteiger partial charge in [-0.1, -0.05) is 66.2 Å². The molecule has 2 amide bonds. The van der Waals surface area contributed by atoms with Gasteiger partial charge in [0.2, 0.25) is 5.91 Å². The number of halogens is 1. The van der Waals surface area contributed by atoms with E-state index in [9.17, 15) is 14.0 Å². The van der Waals surface area contributed by atoms with Crippen LogP contribution in [0.5, 0.6) is 5.75 Å². The van der Waals surface area contributed by atoms with E-state index in [0.29, 0.717) is 17.7 Å². The molecule has 172 valence electrons. The van der Waals surface area contributed by atoms with Crippen molar-refractivity contribution < 1.29 is 18.7 Å². The maximum Gasteiger partial charge on any atom is 0.261 e. The van der Waals surface area contributed by atoms with Crippen molar-refractivity contribution in [3.63, 3.8) is 0 Å². The monoisotopic (exact) mass is 448 g/mol. The average Bonchev–Trinajstić information content (AvgIpc) is 2.82. The van der Waals surface area contributed by atoms with Crippen molar-refractivity contribution in [1.29, 1.82) is 0 Å². The number of benzene rings is 3. The van der Waals surface area contributed by atoms with E-state index in [4.69, 9.17) is 4.74 Å². The summed E-state index contributed by atoms with van der Waals surface area (Å²) in [6.45, 7) is 3.58.